The highest BCUT2D eigenvalue weighted by Gasteiger charge is 2.24. The summed E-state index contributed by atoms with van der Waals surface area (Å²) < 4.78 is 12.6. The Labute approximate surface area is 124 Å². The summed E-state index contributed by atoms with van der Waals surface area (Å²) in [6.07, 6.45) is 0.989. The molecule has 2 heterocycles. The number of ether oxygens (including phenoxy) is 2. The van der Waals surface area contributed by atoms with Crippen LogP contribution in [0.1, 0.15) is 35.1 Å². The summed E-state index contributed by atoms with van der Waals surface area (Å²) in [5.74, 6) is 2.00. The summed E-state index contributed by atoms with van der Waals surface area (Å²) in [7, 11) is 1.68. The quantitative estimate of drug-likeness (QED) is 0.867. The molecule has 5 nitrogen and oxygen atoms in total. The first-order valence-corrected chi connectivity index (χ1v) is 7.28. The molecule has 1 aliphatic heterocycles. The molecular weight excluding hydrogens is 266 g/mol. The lowest BCUT2D eigenvalue weighted by Gasteiger charge is -2.07. The van der Waals surface area contributed by atoms with Gasteiger partial charge in [-0.25, -0.2) is 9.67 Å². The number of aryl methyl sites for hydroxylation is 2. The van der Waals surface area contributed by atoms with Gasteiger partial charge in [0, 0.05) is 19.6 Å². The van der Waals surface area contributed by atoms with Gasteiger partial charge in [-0.1, -0.05) is 6.07 Å². The van der Waals surface area contributed by atoms with Crippen molar-refractivity contribution in [1.29, 1.82) is 0 Å². The maximum absolute atomic E-state index is 5.44. The molecule has 1 aromatic heterocycles. The van der Waals surface area contributed by atoms with Crippen LogP contribution in [0.25, 0.3) is 5.69 Å². The van der Waals surface area contributed by atoms with Crippen molar-refractivity contribution in [3.8, 4) is 5.69 Å². The van der Waals surface area contributed by atoms with Crippen LogP contribution < -0.4 is 0 Å². The normalized spacial score (nSPS) is 18.3. The molecule has 1 aliphatic rings. The molecule has 0 saturated carbocycles. The van der Waals surface area contributed by atoms with Crippen molar-refractivity contribution in [3.05, 3.63) is 41.0 Å². The molecule has 0 aliphatic carbocycles. The van der Waals surface area contributed by atoms with Crippen LogP contribution in [0.4, 0.5) is 0 Å². The Morgan fingerprint density at radius 2 is 2.05 bits per heavy atom. The molecule has 3 rings (SSSR count). The van der Waals surface area contributed by atoms with Crippen molar-refractivity contribution in [2.24, 2.45) is 0 Å². The SMILES string of the molecule is COCc1nc(C2CCOC2)nn1-c1cc(C)cc(C)c1. The maximum Gasteiger partial charge on any atom is 0.158 e. The molecule has 1 saturated heterocycles. The van der Waals surface area contributed by atoms with Crippen LogP contribution in [0.5, 0.6) is 0 Å². The van der Waals surface area contributed by atoms with Gasteiger partial charge >= 0.3 is 0 Å². The average molecular weight is 287 g/mol. The van der Waals surface area contributed by atoms with Crippen LogP contribution in [-0.4, -0.2) is 35.1 Å². The second-order valence-electron chi connectivity index (χ2n) is 5.64. The highest BCUT2D eigenvalue weighted by molar-refractivity contribution is 5.39. The molecule has 0 amide bonds. The van der Waals surface area contributed by atoms with Gasteiger partial charge in [0.05, 0.1) is 12.3 Å². The van der Waals surface area contributed by atoms with Gasteiger partial charge < -0.3 is 9.47 Å². The van der Waals surface area contributed by atoms with Crippen molar-refractivity contribution < 1.29 is 9.47 Å². The Bertz CT molecular complexity index is 610. The molecular formula is C16H21N3O2. The summed E-state index contributed by atoms with van der Waals surface area (Å²) in [6, 6.07) is 6.40. The molecule has 0 bridgehead atoms. The topological polar surface area (TPSA) is 49.2 Å². The minimum atomic E-state index is 0.299. The first-order valence-electron chi connectivity index (χ1n) is 7.28. The van der Waals surface area contributed by atoms with Crippen LogP contribution in [0.3, 0.4) is 0 Å². The zero-order valence-electron chi connectivity index (χ0n) is 12.8. The lowest BCUT2D eigenvalue weighted by Crippen LogP contribution is -2.05. The van der Waals surface area contributed by atoms with E-state index in [2.05, 4.69) is 37.0 Å². The minimum Gasteiger partial charge on any atom is -0.381 e. The van der Waals surface area contributed by atoms with Crippen LogP contribution in [-0.2, 0) is 16.1 Å². The molecule has 0 spiro atoms. The minimum absolute atomic E-state index is 0.299. The zero-order chi connectivity index (χ0) is 14.8. The fourth-order valence-electron chi connectivity index (χ4n) is 2.78. The van der Waals surface area contributed by atoms with Gasteiger partial charge in [0.1, 0.15) is 6.61 Å². The number of hydrogen-bond acceptors (Lipinski definition) is 4. The van der Waals surface area contributed by atoms with Gasteiger partial charge in [0.2, 0.25) is 0 Å². The van der Waals surface area contributed by atoms with E-state index in [1.165, 1.54) is 11.1 Å². The first kappa shape index (κ1) is 14.2. The largest absolute Gasteiger partial charge is 0.381 e. The van der Waals surface area contributed by atoms with E-state index in [4.69, 9.17) is 14.6 Å². The van der Waals surface area contributed by atoms with Gasteiger partial charge in [0.15, 0.2) is 11.6 Å². The summed E-state index contributed by atoms with van der Waals surface area (Å²) in [5.41, 5.74) is 3.47. The summed E-state index contributed by atoms with van der Waals surface area (Å²) in [4.78, 5) is 4.66. The molecule has 2 aromatic rings. The molecule has 21 heavy (non-hydrogen) atoms. The lowest BCUT2D eigenvalue weighted by atomic mass is 10.1. The Morgan fingerprint density at radius 3 is 2.67 bits per heavy atom. The van der Waals surface area contributed by atoms with E-state index >= 15 is 0 Å². The van der Waals surface area contributed by atoms with E-state index in [1.54, 1.807) is 7.11 Å². The Kier molecular flexibility index (Phi) is 4.03. The third-order valence-electron chi connectivity index (χ3n) is 3.71. The van der Waals surface area contributed by atoms with E-state index in [0.29, 0.717) is 19.1 Å². The molecule has 112 valence electrons. The number of methoxy groups -OCH3 is 1. The van der Waals surface area contributed by atoms with E-state index in [9.17, 15) is 0 Å². The second kappa shape index (κ2) is 5.95. The highest BCUT2D eigenvalue weighted by atomic mass is 16.5. The predicted molar refractivity (Wildman–Crippen MR) is 79.7 cm³/mol. The summed E-state index contributed by atoms with van der Waals surface area (Å²) >= 11 is 0. The highest BCUT2D eigenvalue weighted by Crippen LogP contribution is 2.24. The van der Waals surface area contributed by atoms with E-state index < -0.39 is 0 Å². The Balaban J connectivity index is 2.02. The monoisotopic (exact) mass is 287 g/mol. The van der Waals surface area contributed by atoms with E-state index in [0.717, 1.165) is 30.4 Å². The lowest BCUT2D eigenvalue weighted by molar-refractivity contribution is 0.175. The fraction of sp³-hybridized carbons (Fsp3) is 0.500. The second-order valence-corrected chi connectivity index (χ2v) is 5.64. The summed E-state index contributed by atoms with van der Waals surface area (Å²) in [5, 5.41) is 4.71. The summed E-state index contributed by atoms with van der Waals surface area (Å²) in [6.45, 7) is 6.14. The van der Waals surface area contributed by atoms with Crippen molar-refractivity contribution >= 4 is 0 Å². The number of hydrogen-bond donors (Lipinski definition) is 0. The van der Waals surface area contributed by atoms with Gasteiger partial charge in [-0.05, 0) is 43.5 Å². The third-order valence-corrected chi connectivity index (χ3v) is 3.71. The molecule has 1 aromatic carbocycles. The van der Waals surface area contributed by atoms with E-state index in [1.807, 2.05) is 4.68 Å². The van der Waals surface area contributed by atoms with Gasteiger partial charge in [0.25, 0.3) is 0 Å². The van der Waals surface area contributed by atoms with Crippen LogP contribution in [0.2, 0.25) is 0 Å². The Morgan fingerprint density at radius 1 is 1.29 bits per heavy atom. The molecule has 0 N–H and O–H groups in total. The molecule has 5 heteroatoms. The Hall–Kier alpha value is -1.72. The maximum atomic E-state index is 5.44. The predicted octanol–water partition coefficient (Wildman–Crippen LogP) is 2.53. The van der Waals surface area contributed by atoms with E-state index in [-0.39, 0.29) is 0 Å². The number of aromatic nitrogens is 3. The smallest absolute Gasteiger partial charge is 0.158 e. The number of rotatable bonds is 4. The van der Waals surface area contributed by atoms with Gasteiger partial charge in [-0.2, -0.15) is 5.10 Å². The molecule has 1 atom stereocenters. The van der Waals surface area contributed by atoms with Crippen molar-refractivity contribution in [2.45, 2.75) is 32.8 Å². The average Bonchev–Trinajstić information content (AvgIpc) is 3.06. The fourth-order valence-corrected chi connectivity index (χ4v) is 2.78. The van der Waals surface area contributed by atoms with Gasteiger partial charge in [-0.3, -0.25) is 0 Å². The van der Waals surface area contributed by atoms with Gasteiger partial charge in [-0.15, -0.1) is 0 Å². The van der Waals surface area contributed by atoms with Crippen molar-refractivity contribution in [3.63, 3.8) is 0 Å². The van der Waals surface area contributed by atoms with Crippen LogP contribution in [0, 0.1) is 13.8 Å². The molecule has 1 unspecified atom stereocenters. The van der Waals surface area contributed by atoms with Crippen molar-refractivity contribution in [2.75, 3.05) is 20.3 Å². The first-order chi connectivity index (χ1) is 10.2. The standard InChI is InChI=1S/C16H21N3O2/c1-11-6-12(2)8-14(7-11)19-15(10-20-3)17-16(18-19)13-4-5-21-9-13/h6-8,13H,4-5,9-10H2,1-3H3. The third kappa shape index (κ3) is 2.99. The van der Waals surface area contributed by atoms with Crippen LogP contribution >= 0.6 is 0 Å². The molecule has 1 fully saturated rings. The van der Waals surface area contributed by atoms with Crippen LogP contribution in [0.15, 0.2) is 18.2 Å². The number of nitrogens with zero attached hydrogens (tertiary/aromatic N) is 3. The zero-order valence-corrected chi connectivity index (χ0v) is 12.8. The van der Waals surface area contributed by atoms with Crippen molar-refractivity contribution in [1.82, 2.24) is 14.8 Å². The number of benzene rings is 1. The molecule has 0 radical (unpaired) electrons.